The molecular formula is C22H22N2O3S. The molecule has 1 aromatic heterocycles. The second-order valence-corrected chi connectivity index (χ2v) is 7.97. The maximum Gasteiger partial charge on any atom is 0.337 e. The lowest BCUT2D eigenvalue weighted by Crippen LogP contribution is -2.36. The van der Waals surface area contributed by atoms with Crippen molar-refractivity contribution in [1.29, 1.82) is 0 Å². The second-order valence-electron chi connectivity index (χ2n) is 6.95. The SMILES string of the molecule is COC(=O)c1ccc2[nH]c3c(c2c1)CN(C(=O)CSc1ccccc1C)CC3. The zero-order chi connectivity index (χ0) is 19.7. The number of hydrogen-bond acceptors (Lipinski definition) is 4. The van der Waals surface area contributed by atoms with E-state index < -0.39 is 0 Å². The summed E-state index contributed by atoms with van der Waals surface area (Å²) in [6.45, 7) is 3.33. The molecule has 6 heteroatoms. The molecule has 0 radical (unpaired) electrons. The first kappa shape index (κ1) is 18.6. The first-order valence-electron chi connectivity index (χ1n) is 9.25. The fourth-order valence-electron chi connectivity index (χ4n) is 3.62. The Hall–Kier alpha value is -2.73. The summed E-state index contributed by atoms with van der Waals surface area (Å²) in [7, 11) is 1.38. The summed E-state index contributed by atoms with van der Waals surface area (Å²) in [4.78, 5) is 31.1. The number of aryl methyl sites for hydroxylation is 1. The molecule has 4 rings (SSSR count). The number of nitrogens with zero attached hydrogens (tertiary/aromatic N) is 1. The van der Waals surface area contributed by atoms with Gasteiger partial charge in [-0.3, -0.25) is 4.79 Å². The van der Waals surface area contributed by atoms with Crippen molar-refractivity contribution in [3.8, 4) is 0 Å². The smallest absolute Gasteiger partial charge is 0.337 e. The molecule has 2 aromatic carbocycles. The molecule has 1 amide bonds. The Labute approximate surface area is 168 Å². The predicted molar refractivity (Wildman–Crippen MR) is 111 cm³/mol. The monoisotopic (exact) mass is 394 g/mol. The lowest BCUT2D eigenvalue weighted by Gasteiger charge is -2.27. The summed E-state index contributed by atoms with van der Waals surface area (Å²) in [5, 5.41) is 0.988. The number of ether oxygens (including phenoxy) is 1. The maximum absolute atomic E-state index is 12.8. The average molecular weight is 394 g/mol. The average Bonchev–Trinajstić information content (AvgIpc) is 3.09. The van der Waals surface area contributed by atoms with Crippen LogP contribution in [0.4, 0.5) is 0 Å². The van der Waals surface area contributed by atoms with Crippen molar-refractivity contribution in [3.63, 3.8) is 0 Å². The summed E-state index contributed by atoms with van der Waals surface area (Å²) in [6, 6.07) is 13.6. The Bertz CT molecular complexity index is 1060. The largest absolute Gasteiger partial charge is 0.465 e. The molecule has 0 atom stereocenters. The van der Waals surface area contributed by atoms with Gasteiger partial charge in [0.15, 0.2) is 0 Å². The van der Waals surface area contributed by atoms with Gasteiger partial charge in [-0.05, 0) is 36.8 Å². The highest BCUT2D eigenvalue weighted by Crippen LogP contribution is 2.30. The van der Waals surface area contributed by atoms with Crippen LogP contribution in [0, 0.1) is 6.92 Å². The standard InChI is InChI=1S/C22H22N2O3S/c1-14-5-3-4-6-20(14)28-13-21(25)24-10-9-19-17(12-24)16-11-15(22(26)27-2)7-8-18(16)23-19/h3-8,11,23H,9-10,12-13H2,1-2H3. The van der Waals surface area contributed by atoms with Crippen LogP contribution in [-0.2, 0) is 22.5 Å². The van der Waals surface area contributed by atoms with Crippen molar-refractivity contribution in [2.24, 2.45) is 0 Å². The number of hydrogen-bond donors (Lipinski definition) is 1. The van der Waals surface area contributed by atoms with Crippen LogP contribution < -0.4 is 0 Å². The highest BCUT2D eigenvalue weighted by Gasteiger charge is 2.24. The number of esters is 1. The zero-order valence-electron chi connectivity index (χ0n) is 16.0. The maximum atomic E-state index is 12.8. The normalized spacial score (nSPS) is 13.4. The number of benzene rings is 2. The van der Waals surface area contributed by atoms with E-state index >= 15 is 0 Å². The fraction of sp³-hybridized carbons (Fsp3) is 0.273. The third kappa shape index (κ3) is 3.52. The predicted octanol–water partition coefficient (Wildman–Crippen LogP) is 3.94. The molecule has 0 fully saturated rings. The van der Waals surface area contributed by atoms with Crippen molar-refractivity contribution < 1.29 is 14.3 Å². The molecule has 0 saturated heterocycles. The van der Waals surface area contributed by atoms with E-state index in [2.05, 4.69) is 24.0 Å². The third-order valence-electron chi connectivity index (χ3n) is 5.19. The van der Waals surface area contributed by atoms with E-state index in [-0.39, 0.29) is 11.9 Å². The molecule has 2 heterocycles. The van der Waals surface area contributed by atoms with Crippen molar-refractivity contribution in [2.75, 3.05) is 19.4 Å². The minimum Gasteiger partial charge on any atom is -0.465 e. The molecule has 144 valence electrons. The van der Waals surface area contributed by atoms with E-state index in [1.165, 1.54) is 12.7 Å². The molecule has 0 saturated carbocycles. The number of methoxy groups -OCH3 is 1. The van der Waals surface area contributed by atoms with Crippen LogP contribution in [0.5, 0.6) is 0 Å². The Kier molecular flexibility index (Phi) is 5.13. The number of aromatic nitrogens is 1. The summed E-state index contributed by atoms with van der Waals surface area (Å²) >= 11 is 1.58. The molecule has 0 bridgehead atoms. The lowest BCUT2D eigenvalue weighted by molar-refractivity contribution is -0.129. The van der Waals surface area contributed by atoms with Gasteiger partial charge in [-0.25, -0.2) is 4.79 Å². The molecule has 0 unspecified atom stereocenters. The number of fused-ring (bicyclic) bond motifs is 3. The molecule has 3 aromatic rings. The van der Waals surface area contributed by atoms with Crippen molar-refractivity contribution >= 4 is 34.5 Å². The molecular weight excluding hydrogens is 372 g/mol. The van der Waals surface area contributed by atoms with E-state index in [1.807, 2.05) is 29.2 Å². The fourth-order valence-corrected chi connectivity index (χ4v) is 4.55. The van der Waals surface area contributed by atoms with Crippen LogP contribution in [0.25, 0.3) is 10.9 Å². The second kappa shape index (κ2) is 7.72. The summed E-state index contributed by atoms with van der Waals surface area (Å²) in [6.07, 6.45) is 0.790. The number of aromatic amines is 1. The van der Waals surface area contributed by atoms with E-state index in [0.717, 1.165) is 33.5 Å². The Morgan fingerprint density at radius 1 is 1.21 bits per heavy atom. The summed E-state index contributed by atoms with van der Waals surface area (Å²) < 4.78 is 4.83. The number of nitrogens with one attached hydrogen (secondary N) is 1. The van der Waals surface area contributed by atoms with Crippen molar-refractivity contribution in [2.45, 2.75) is 24.8 Å². The number of carbonyl (C=O) groups excluding carboxylic acids is 2. The van der Waals surface area contributed by atoms with Gasteiger partial charge in [0.05, 0.1) is 18.4 Å². The molecule has 1 aliphatic heterocycles. The third-order valence-corrected chi connectivity index (χ3v) is 6.35. The molecule has 0 spiro atoms. The number of H-pyrrole nitrogens is 1. The Morgan fingerprint density at radius 2 is 2.04 bits per heavy atom. The first-order chi connectivity index (χ1) is 13.6. The highest BCUT2D eigenvalue weighted by atomic mass is 32.2. The number of rotatable bonds is 4. The number of thioether (sulfide) groups is 1. The van der Waals surface area contributed by atoms with Crippen LogP contribution >= 0.6 is 11.8 Å². The van der Waals surface area contributed by atoms with Crippen LogP contribution in [0.3, 0.4) is 0 Å². The van der Waals surface area contributed by atoms with Crippen molar-refractivity contribution in [1.82, 2.24) is 9.88 Å². The van der Waals surface area contributed by atoms with Gasteiger partial charge in [-0.15, -0.1) is 11.8 Å². The van der Waals surface area contributed by atoms with Gasteiger partial charge in [0.25, 0.3) is 0 Å². The summed E-state index contributed by atoms with van der Waals surface area (Å²) in [5.41, 5.74) is 4.94. The first-order valence-corrected chi connectivity index (χ1v) is 10.2. The lowest BCUT2D eigenvalue weighted by atomic mass is 10.0. The molecule has 5 nitrogen and oxygen atoms in total. The van der Waals surface area contributed by atoms with Gasteiger partial charge in [-0.1, -0.05) is 18.2 Å². The van der Waals surface area contributed by atoms with Crippen LogP contribution in [0.1, 0.15) is 27.2 Å². The topological polar surface area (TPSA) is 62.4 Å². The minimum absolute atomic E-state index is 0.136. The number of carbonyl (C=O) groups is 2. The van der Waals surface area contributed by atoms with Gasteiger partial charge >= 0.3 is 5.97 Å². The van der Waals surface area contributed by atoms with Gasteiger partial charge in [0.1, 0.15) is 0 Å². The molecule has 0 aliphatic carbocycles. The quantitative estimate of drug-likeness (QED) is 0.538. The summed E-state index contributed by atoms with van der Waals surface area (Å²) in [5.74, 6) is 0.211. The van der Waals surface area contributed by atoms with Crippen LogP contribution in [-0.4, -0.2) is 41.2 Å². The highest BCUT2D eigenvalue weighted by molar-refractivity contribution is 8.00. The Morgan fingerprint density at radius 3 is 2.82 bits per heavy atom. The molecule has 28 heavy (non-hydrogen) atoms. The van der Waals surface area contributed by atoms with Crippen molar-refractivity contribution in [3.05, 3.63) is 64.8 Å². The van der Waals surface area contributed by atoms with E-state index in [9.17, 15) is 9.59 Å². The van der Waals surface area contributed by atoms with E-state index in [0.29, 0.717) is 24.4 Å². The Balaban J connectivity index is 1.52. The van der Waals surface area contributed by atoms with Gasteiger partial charge < -0.3 is 14.6 Å². The van der Waals surface area contributed by atoms with Gasteiger partial charge in [-0.2, -0.15) is 0 Å². The molecule has 1 aliphatic rings. The van der Waals surface area contributed by atoms with E-state index in [4.69, 9.17) is 4.74 Å². The van der Waals surface area contributed by atoms with E-state index in [1.54, 1.807) is 17.8 Å². The minimum atomic E-state index is -0.352. The zero-order valence-corrected chi connectivity index (χ0v) is 16.8. The van der Waals surface area contributed by atoms with Crippen LogP contribution in [0.15, 0.2) is 47.4 Å². The number of amides is 1. The van der Waals surface area contributed by atoms with Gasteiger partial charge in [0.2, 0.25) is 5.91 Å². The van der Waals surface area contributed by atoms with Gasteiger partial charge in [0, 0.05) is 46.6 Å². The van der Waals surface area contributed by atoms with Crippen LogP contribution in [0.2, 0.25) is 0 Å². The molecule has 1 N–H and O–H groups in total.